The Bertz CT molecular complexity index is 728. The third kappa shape index (κ3) is 3.07. The predicted molar refractivity (Wildman–Crippen MR) is 80.2 cm³/mol. The van der Waals surface area contributed by atoms with Gasteiger partial charge in [-0.2, -0.15) is 5.26 Å². The third-order valence-corrected chi connectivity index (χ3v) is 3.75. The van der Waals surface area contributed by atoms with E-state index in [9.17, 15) is 10.1 Å². The first-order valence-electron chi connectivity index (χ1n) is 5.42. The minimum absolute atomic E-state index is 0.00297. The molecule has 0 spiro atoms. The lowest BCUT2D eigenvalue weighted by molar-refractivity contribution is -0.385. The van der Waals surface area contributed by atoms with Crippen LogP contribution in [0.5, 0.6) is 0 Å². The maximum absolute atomic E-state index is 10.7. The lowest BCUT2D eigenvalue weighted by Gasteiger charge is -2.08. The maximum atomic E-state index is 10.7. The fraction of sp³-hybridized carbons (Fsp3) is 0. The molecule has 0 amide bonds. The van der Waals surface area contributed by atoms with Gasteiger partial charge in [0.2, 0.25) is 0 Å². The quantitative estimate of drug-likeness (QED) is 0.645. The Balaban J connectivity index is 2.32. The zero-order chi connectivity index (χ0) is 14.7. The minimum Gasteiger partial charge on any atom is -0.355 e. The molecule has 0 bridgehead atoms. The third-order valence-electron chi connectivity index (χ3n) is 2.52. The summed E-state index contributed by atoms with van der Waals surface area (Å²) in [5.41, 5.74) is 1.08. The number of rotatable bonds is 3. The van der Waals surface area contributed by atoms with Crippen molar-refractivity contribution < 1.29 is 4.92 Å². The van der Waals surface area contributed by atoms with E-state index in [4.69, 9.17) is 16.9 Å². The number of nitrogens with zero attached hydrogens (tertiary/aromatic N) is 2. The van der Waals surface area contributed by atoms with Gasteiger partial charge in [0, 0.05) is 21.9 Å². The molecule has 0 aromatic heterocycles. The molecule has 0 saturated carbocycles. The number of nitro benzene ring substituents is 1. The molecule has 0 heterocycles. The summed E-state index contributed by atoms with van der Waals surface area (Å²) in [6.45, 7) is 0. The van der Waals surface area contributed by atoms with Crippen LogP contribution in [0.2, 0.25) is 5.02 Å². The first-order valence-corrected chi connectivity index (χ1v) is 6.59. The van der Waals surface area contributed by atoms with Gasteiger partial charge in [0.25, 0.3) is 5.69 Å². The molecule has 2 aromatic rings. The Kier molecular flexibility index (Phi) is 4.23. The van der Waals surface area contributed by atoms with Crippen molar-refractivity contribution in [3.63, 3.8) is 0 Å². The minimum atomic E-state index is -0.584. The molecule has 0 aliphatic heterocycles. The second kappa shape index (κ2) is 5.90. The van der Waals surface area contributed by atoms with Crippen LogP contribution in [0.25, 0.3) is 0 Å². The van der Waals surface area contributed by atoms with Gasteiger partial charge in [-0.25, -0.2) is 0 Å². The molecule has 0 atom stereocenters. The summed E-state index contributed by atoms with van der Waals surface area (Å²) in [4.78, 5) is 10.2. The van der Waals surface area contributed by atoms with Crippen LogP contribution in [0.1, 0.15) is 5.56 Å². The molecule has 1 N–H and O–H groups in total. The van der Waals surface area contributed by atoms with E-state index >= 15 is 0 Å². The number of halogens is 2. The van der Waals surface area contributed by atoms with Crippen molar-refractivity contribution in [2.45, 2.75) is 0 Å². The van der Waals surface area contributed by atoms with Crippen LogP contribution in [0.15, 0.2) is 40.9 Å². The smallest absolute Gasteiger partial charge is 0.287 e. The van der Waals surface area contributed by atoms with Crippen molar-refractivity contribution in [3.8, 4) is 6.07 Å². The number of hydrogen-bond acceptors (Lipinski definition) is 4. The molecule has 100 valence electrons. The molecule has 0 radical (unpaired) electrons. The molecule has 0 aliphatic carbocycles. The molecule has 5 nitrogen and oxygen atoms in total. The van der Waals surface area contributed by atoms with E-state index < -0.39 is 4.92 Å². The van der Waals surface area contributed by atoms with E-state index in [0.29, 0.717) is 10.7 Å². The van der Waals surface area contributed by atoms with Gasteiger partial charge in [-0.1, -0.05) is 11.6 Å². The number of benzene rings is 2. The molecule has 2 rings (SSSR count). The van der Waals surface area contributed by atoms with E-state index in [2.05, 4.69) is 21.2 Å². The lowest BCUT2D eigenvalue weighted by Crippen LogP contribution is -1.95. The number of anilines is 2. The maximum Gasteiger partial charge on any atom is 0.287 e. The fourth-order valence-corrected chi connectivity index (χ4v) is 2.03. The molecule has 0 unspecified atom stereocenters. The molecule has 0 fully saturated rings. The predicted octanol–water partition coefficient (Wildman–Crippen LogP) is 4.63. The number of nitro groups is 1. The zero-order valence-corrected chi connectivity index (χ0v) is 12.3. The van der Waals surface area contributed by atoms with Gasteiger partial charge in [0.15, 0.2) is 0 Å². The monoisotopic (exact) mass is 351 g/mol. The van der Waals surface area contributed by atoms with E-state index in [1.165, 1.54) is 18.2 Å². The second-order valence-electron chi connectivity index (χ2n) is 3.85. The zero-order valence-electron chi connectivity index (χ0n) is 9.93. The van der Waals surface area contributed by atoms with Gasteiger partial charge in [0.1, 0.15) is 11.6 Å². The first kappa shape index (κ1) is 14.3. The van der Waals surface area contributed by atoms with Crippen LogP contribution in [0, 0.1) is 21.4 Å². The van der Waals surface area contributed by atoms with Crippen molar-refractivity contribution in [2.24, 2.45) is 0 Å². The summed E-state index contributed by atoms with van der Waals surface area (Å²) in [5, 5.41) is 23.2. The molecule has 0 aliphatic rings. The van der Waals surface area contributed by atoms with E-state index in [1.807, 2.05) is 6.07 Å². The molecular formula is C13H7BrClN3O2. The van der Waals surface area contributed by atoms with Gasteiger partial charge in [-0.15, -0.1) is 0 Å². The summed E-state index contributed by atoms with van der Waals surface area (Å²) >= 11 is 9.26. The van der Waals surface area contributed by atoms with Crippen molar-refractivity contribution in [3.05, 3.63) is 61.6 Å². The topological polar surface area (TPSA) is 79.0 Å². The lowest BCUT2D eigenvalue weighted by atomic mass is 10.1. The van der Waals surface area contributed by atoms with E-state index in [0.717, 1.165) is 10.2 Å². The average Bonchev–Trinajstić information content (AvgIpc) is 2.42. The highest BCUT2D eigenvalue weighted by Crippen LogP contribution is 2.29. The summed E-state index contributed by atoms with van der Waals surface area (Å²) in [5.74, 6) is 0. The SMILES string of the molecule is N#Cc1cc(Nc2ccc(Br)c(Cl)c2)ccc1[N+](=O)[O-]. The fourth-order valence-electron chi connectivity index (χ4n) is 1.60. The highest BCUT2D eigenvalue weighted by Gasteiger charge is 2.13. The normalized spacial score (nSPS) is 9.85. The van der Waals surface area contributed by atoms with E-state index in [-0.39, 0.29) is 11.3 Å². The van der Waals surface area contributed by atoms with Crippen LogP contribution >= 0.6 is 27.5 Å². The van der Waals surface area contributed by atoms with Crippen LogP contribution < -0.4 is 5.32 Å². The average molecular weight is 353 g/mol. The van der Waals surface area contributed by atoms with E-state index in [1.54, 1.807) is 18.2 Å². The first-order chi connectivity index (χ1) is 9.51. The summed E-state index contributed by atoms with van der Waals surface area (Å²) in [6.07, 6.45) is 0. The van der Waals surface area contributed by atoms with Gasteiger partial charge in [-0.05, 0) is 46.3 Å². The molecule has 7 heteroatoms. The Morgan fingerprint density at radius 3 is 2.50 bits per heavy atom. The van der Waals surface area contributed by atoms with Crippen LogP contribution in [0.3, 0.4) is 0 Å². The van der Waals surface area contributed by atoms with Crippen LogP contribution in [0.4, 0.5) is 17.1 Å². The highest BCUT2D eigenvalue weighted by atomic mass is 79.9. The summed E-state index contributed by atoms with van der Waals surface area (Å²) < 4.78 is 0.770. The Morgan fingerprint density at radius 1 is 1.25 bits per heavy atom. The number of nitrogens with one attached hydrogen (secondary N) is 1. The Labute approximate surface area is 128 Å². The van der Waals surface area contributed by atoms with Crippen molar-refractivity contribution in [2.75, 3.05) is 5.32 Å². The van der Waals surface area contributed by atoms with Crippen molar-refractivity contribution in [1.29, 1.82) is 5.26 Å². The number of hydrogen-bond donors (Lipinski definition) is 1. The molecule has 0 saturated heterocycles. The van der Waals surface area contributed by atoms with Gasteiger partial charge in [0.05, 0.1) is 9.95 Å². The largest absolute Gasteiger partial charge is 0.355 e. The summed E-state index contributed by atoms with van der Waals surface area (Å²) in [6, 6.07) is 11.3. The summed E-state index contributed by atoms with van der Waals surface area (Å²) in [7, 11) is 0. The van der Waals surface area contributed by atoms with Crippen molar-refractivity contribution in [1.82, 2.24) is 0 Å². The van der Waals surface area contributed by atoms with Crippen molar-refractivity contribution >= 4 is 44.6 Å². The highest BCUT2D eigenvalue weighted by molar-refractivity contribution is 9.10. The van der Waals surface area contributed by atoms with Gasteiger partial charge >= 0.3 is 0 Å². The Hall–Kier alpha value is -2.10. The number of nitriles is 1. The molecule has 2 aromatic carbocycles. The van der Waals surface area contributed by atoms with Gasteiger partial charge in [-0.3, -0.25) is 10.1 Å². The standard InChI is InChI=1S/C13H7BrClN3O2/c14-11-3-1-10(6-12(11)15)17-9-2-4-13(18(19)20)8(5-9)7-16/h1-6,17H. The Morgan fingerprint density at radius 2 is 1.90 bits per heavy atom. The molecular weight excluding hydrogens is 346 g/mol. The molecule has 20 heavy (non-hydrogen) atoms. The van der Waals surface area contributed by atoms with Crippen LogP contribution in [-0.2, 0) is 0 Å². The second-order valence-corrected chi connectivity index (χ2v) is 5.12. The van der Waals surface area contributed by atoms with Crippen LogP contribution in [-0.4, -0.2) is 4.92 Å². The van der Waals surface area contributed by atoms with Gasteiger partial charge < -0.3 is 5.32 Å².